The number of aliphatic hydroxyl groups is 1. The van der Waals surface area contributed by atoms with Crippen LogP contribution in [-0.2, 0) is 17.8 Å². The summed E-state index contributed by atoms with van der Waals surface area (Å²) in [6.07, 6.45) is 1.59. The van der Waals surface area contributed by atoms with Gasteiger partial charge < -0.3 is 5.11 Å². The number of likely N-dealkylation sites (tertiary alicyclic amines) is 1. The van der Waals surface area contributed by atoms with Gasteiger partial charge in [0, 0.05) is 30.3 Å². The van der Waals surface area contributed by atoms with Crippen molar-refractivity contribution in [1.82, 2.24) is 14.9 Å². The summed E-state index contributed by atoms with van der Waals surface area (Å²) in [5.74, 6) is -2.46. The van der Waals surface area contributed by atoms with E-state index in [1.54, 1.807) is 0 Å². The number of hydrogen-bond acceptors (Lipinski definition) is 7. The van der Waals surface area contributed by atoms with Crippen molar-refractivity contribution in [2.24, 2.45) is 5.92 Å². The number of carbonyl (C=O) groups is 1. The van der Waals surface area contributed by atoms with Crippen molar-refractivity contribution in [3.05, 3.63) is 21.1 Å². The number of halogens is 2. The van der Waals surface area contributed by atoms with Crippen LogP contribution >= 0.6 is 22.7 Å². The molecule has 4 rings (SSSR count). The molecule has 0 spiro atoms. The highest BCUT2D eigenvalue weighted by Gasteiger charge is 2.45. The third kappa shape index (κ3) is 3.96. The van der Waals surface area contributed by atoms with Crippen LogP contribution in [0.15, 0.2) is 5.38 Å². The second-order valence-corrected chi connectivity index (χ2v) is 9.37. The van der Waals surface area contributed by atoms with Crippen molar-refractivity contribution in [2.75, 3.05) is 13.1 Å². The molecule has 5 nitrogen and oxygen atoms in total. The molecule has 2 aromatic heterocycles. The smallest absolute Gasteiger partial charge is 0.261 e. The normalized spacial score (nSPS) is 24.9. The van der Waals surface area contributed by atoms with E-state index < -0.39 is 5.92 Å². The summed E-state index contributed by atoms with van der Waals surface area (Å²) in [5.41, 5.74) is 1.62. The molecule has 0 radical (unpaired) electrons. The van der Waals surface area contributed by atoms with Gasteiger partial charge in [-0.2, -0.15) is 0 Å². The molecule has 1 saturated heterocycles. The molecule has 2 aromatic rings. The van der Waals surface area contributed by atoms with E-state index in [1.165, 1.54) is 22.7 Å². The molecule has 1 aliphatic carbocycles. The predicted octanol–water partition coefficient (Wildman–Crippen LogP) is 3.30. The van der Waals surface area contributed by atoms with E-state index in [2.05, 4.69) is 9.97 Å². The number of ketones is 1. The fraction of sp³-hybridized carbons (Fsp3) is 0.611. The minimum Gasteiger partial charge on any atom is -0.389 e. The Kier molecular flexibility index (Phi) is 5.13. The highest BCUT2D eigenvalue weighted by Crippen LogP contribution is 2.38. The summed E-state index contributed by atoms with van der Waals surface area (Å²) in [6, 6.07) is 0.121. The fourth-order valence-electron chi connectivity index (χ4n) is 3.77. The molecule has 0 amide bonds. The number of carbonyl (C=O) groups excluding carboxylic acids is 1. The average Bonchev–Trinajstić information content (AvgIpc) is 3.25. The fourth-order valence-corrected chi connectivity index (χ4v) is 5.52. The minimum atomic E-state index is -2.57. The Morgan fingerprint density at radius 3 is 2.78 bits per heavy atom. The van der Waals surface area contributed by atoms with Gasteiger partial charge in [0.2, 0.25) is 0 Å². The molecule has 0 atom stereocenters. The van der Waals surface area contributed by atoms with Crippen LogP contribution in [0.3, 0.4) is 0 Å². The standard InChI is InChI=1S/C18H21F2N3O2S2/c1-10-17(27-16(7-24)21-10)13-8-26-15(22-13)6-14(25)11-4-12(5-11)23-3-2-18(19,20)9-23/h8,11-12,24H,2-7,9H2,1H3. The lowest BCUT2D eigenvalue weighted by atomic mass is 9.76. The zero-order valence-corrected chi connectivity index (χ0v) is 16.6. The molecule has 1 saturated carbocycles. The van der Waals surface area contributed by atoms with Crippen LogP contribution in [0.2, 0.25) is 0 Å². The number of alkyl halides is 2. The van der Waals surface area contributed by atoms with Gasteiger partial charge in [-0.15, -0.1) is 22.7 Å². The van der Waals surface area contributed by atoms with Crippen LogP contribution in [-0.4, -0.2) is 50.8 Å². The zero-order valence-electron chi connectivity index (χ0n) is 15.0. The molecule has 0 aromatic carbocycles. The molecule has 3 heterocycles. The zero-order chi connectivity index (χ0) is 19.2. The lowest BCUT2D eigenvalue weighted by molar-refractivity contribution is -0.126. The van der Waals surface area contributed by atoms with Crippen LogP contribution in [0, 0.1) is 12.8 Å². The predicted molar refractivity (Wildman–Crippen MR) is 100 cm³/mol. The molecule has 0 unspecified atom stereocenters. The summed E-state index contributed by atoms with van der Waals surface area (Å²) in [5, 5.41) is 12.5. The topological polar surface area (TPSA) is 66.3 Å². The maximum absolute atomic E-state index is 13.3. The molecule has 2 fully saturated rings. The molecule has 0 bridgehead atoms. The van der Waals surface area contributed by atoms with Crippen molar-refractivity contribution in [3.63, 3.8) is 0 Å². The van der Waals surface area contributed by atoms with Gasteiger partial charge >= 0.3 is 0 Å². The quantitative estimate of drug-likeness (QED) is 0.787. The Bertz CT molecular complexity index is 846. The third-order valence-corrected chi connectivity index (χ3v) is 7.38. The van der Waals surface area contributed by atoms with E-state index in [9.17, 15) is 18.7 Å². The van der Waals surface area contributed by atoms with E-state index in [1.807, 2.05) is 17.2 Å². The Morgan fingerprint density at radius 1 is 1.37 bits per heavy atom. The molecular weight excluding hydrogens is 392 g/mol. The van der Waals surface area contributed by atoms with Gasteiger partial charge in [0.05, 0.1) is 35.8 Å². The monoisotopic (exact) mass is 413 g/mol. The first-order valence-electron chi connectivity index (χ1n) is 9.01. The summed E-state index contributed by atoms with van der Waals surface area (Å²) >= 11 is 2.86. The minimum absolute atomic E-state index is 0.0392. The number of nitrogens with zero attached hydrogens (tertiary/aromatic N) is 3. The lowest BCUT2D eigenvalue weighted by Gasteiger charge is -2.40. The molecule has 9 heteroatoms. The number of aromatic nitrogens is 2. The summed E-state index contributed by atoms with van der Waals surface area (Å²) in [6.45, 7) is 2.05. The Balaban J connectivity index is 1.32. The van der Waals surface area contributed by atoms with Crippen molar-refractivity contribution < 1.29 is 18.7 Å². The highest BCUT2D eigenvalue weighted by molar-refractivity contribution is 7.16. The van der Waals surface area contributed by atoms with Crippen LogP contribution in [0.4, 0.5) is 8.78 Å². The number of aliphatic hydroxyl groups excluding tert-OH is 1. The first-order chi connectivity index (χ1) is 12.8. The molecular formula is C18H21F2N3O2S2. The number of rotatable bonds is 6. The SMILES string of the molecule is Cc1nc(CO)sc1-c1csc(CC(=O)C2CC(N3CCC(F)(F)C3)C2)n1. The Hall–Kier alpha value is -1.29. The van der Waals surface area contributed by atoms with Gasteiger partial charge in [0.25, 0.3) is 5.92 Å². The van der Waals surface area contributed by atoms with Crippen LogP contribution in [0.5, 0.6) is 0 Å². The first kappa shape index (κ1) is 19.0. The summed E-state index contributed by atoms with van der Waals surface area (Å²) in [4.78, 5) is 24.1. The summed E-state index contributed by atoms with van der Waals surface area (Å²) in [7, 11) is 0. The van der Waals surface area contributed by atoms with Gasteiger partial charge in [-0.1, -0.05) is 0 Å². The van der Waals surface area contributed by atoms with Crippen molar-refractivity contribution in [1.29, 1.82) is 0 Å². The van der Waals surface area contributed by atoms with E-state index in [0.29, 0.717) is 30.8 Å². The molecule has 1 aliphatic heterocycles. The first-order valence-corrected chi connectivity index (χ1v) is 10.7. The van der Waals surface area contributed by atoms with E-state index in [4.69, 9.17) is 0 Å². The largest absolute Gasteiger partial charge is 0.389 e. The highest BCUT2D eigenvalue weighted by atomic mass is 32.1. The second kappa shape index (κ2) is 7.27. The number of aryl methyl sites for hydroxylation is 1. The average molecular weight is 414 g/mol. The van der Waals surface area contributed by atoms with Gasteiger partial charge in [0.1, 0.15) is 15.8 Å². The van der Waals surface area contributed by atoms with Gasteiger partial charge in [-0.05, 0) is 19.8 Å². The molecule has 2 aliphatic rings. The van der Waals surface area contributed by atoms with Crippen molar-refractivity contribution in [2.45, 2.75) is 51.2 Å². The second-order valence-electron chi connectivity index (χ2n) is 7.35. The van der Waals surface area contributed by atoms with Gasteiger partial charge in [-0.25, -0.2) is 18.7 Å². The third-order valence-electron chi connectivity index (χ3n) is 5.37. The number of thiazole rings is 2. The molecule has 27 heavy (non-hydrogen) atoms. The van der Waals surface area contributed by atoms with Gasteiger partial charge in [0.15, 0.2) is 0 Å². The van der Waals surface area contributed by atoms with Crippen LogP contribution in [0.25, 0.3) is 10.6 Å². The summed E-state index contributed by atoms with van der Waals surface area (Å²) < 4.78 is 26.6. The molecule has 146 valence electrons. The van der Waals surface area contributed by atoms with Crippen molar-refractivity contribution >= 4 is 28.5 Å². The van der Waals surface area contributed by atoms with Crippen LogP contribution < -0.4 is 0 Å². The van der Waals surface area contributed by atoms with Gasteiger partial charge in [-0.3, -0.25) is 9.69 Å². The molecule has 1 N–H and O–H groups in total. The van der Waals surface area contributed by atoms with Crippen LogP contribution in [0.1, 0.15) is 35.0 Å². The van der Waals surface area contributed by atoms with E-state index in [0.717, 1.165) is 21.3 Å². The maximum atomic E-state index is 13.3. The lowest BCUT2D eigenvalue weighted by Crippen LogP contribution is -2.47. The number of Topliss-reactive ketones (excluding diaryl/α,β-unsaturated/α-hetero) is 1. The van der Waals surface area contributed by atoms with Crippen molar-refractivity contribution in [3.8, 4) is 10.6 Å². The maximum Gasteiger partial charge on any atom is 0.261 e. The Labute approximate surface area is 164 Å². The van der Waals surface area contributed by atoms with E-state index >= 15 is 0 Å². The number of hydrogen-bond donors (Lipinski definition) is 1. The van der Waals surface area contributed by atoms with E-state index in [-0.39, 0.29) is 37.3 Å². The Morgan fingerprint density at radius 2 is 2.15 bits per heavy atom.